The maximum absolute atomic E-state index is 4.44. The molecule has 0 aliphatic carbocycles. The summed E-state index contributed by atoms with van der Waals surface area (Å²) in [5.41, 5.74) is 1.38. The van der Waals surface area contributed by atoms with Gasteiger partial charge in [-0.25, -0.2) is 9.97 Å². The molecule has 1 fully saturated rings. The first-order chi connectivity index (χ1) is 10.7. The summed E-state index contributed by atoms with van der Waals surface area (Å²) in [7, 11) is 0. The van der Waals surface area contributed by atoms with E-state index in [1.807, 2.05) is 6.20 Å². The largest absolute Gasteiger partial charge is 0.354 e. The predicted octanol–water partition coefficient (Wildman–Crippen LogP) is 3.20. The van der Waals surface area contributed by atoms with E-state index in [-0.39, 0.29) is 0 Å². The van der Waals surface area contributed by atoms with Crippen LogP contribution >= 0.6 is 15.9 Å². The van der Waals surface area contributed by atoms with Crippen LogP contribution in [0.4, 0.5) is 5.82 Å². The quantitative estimate of drug-likeness (QED) is 0.841. The van der Waals surface area contributed by atoms with Crippen molar-refractivity contribution in [1.29, 1.82) is 0 Å². The summed E-state index contributed by atoms with van der Waals surface area (Å²) < 4.78 is 0.971. The molecule has 3 rings (SSSR count). The molecule has 1 aromatic carbocycles. The Morgan fingerprint density at radius 1 is 1.18 bits per heavy atom. The topological polar surface area (TPSA) is 32.3 Å². The second kappa shape index (κ2) is 7.20. The van der Waals surface area contributed by atoms with E-state index in [0.717, 1.165) is 43.0 Å². The lowest BCUT2D eigenvalue weighted by Gasteiger charge is -2.23. The highest BCUT2D eigenvalue weighted by atomic mass is 79.9. The van der Waals surface area contributed by atoms with Gasteiger partial charge in [0.2, 0.25) is 0 Å². The Labute approximate surface area is 140 Å². The van der Waals surface area contributed by atoms with Crippen molar-refractivity contribution in [2.45, 2.75) is 13.5 Å². The molecular formula is C17H21BrN4. The van der Waals surface area contributed by atoms with Crippen molar-refractivity contribution in [2.24, 2.45) is 5.92 Å². The van der Waals surface area contributed by atoms with Gasteiger partial charge in [0.1, 0.15) is 12.1 Å². The Kier molecular flexibility index (Phi) is 5.05. The monoisotopic (exact) mass is 360 g/mol. The number of hydrogen-bond acceptors (Lipinski definition) is 4. The van der Waals surface area contributed by atoms with Crippen LogP contribution in [0.5, 0.6) is 0 Å². The van der Waals surface area contributed by atoms with Crippen LogP contribution in [0.1, 0.15) is 12.5 Å². The average Bonchev–Trinajstić information content (AvgIpc) is 2.70. The highest BCUT2D eigenvalue weighted by molar-refractivity contribution is 9.10. The maximum atomic E-state index is 4.44. The van der Waals surface area contributed by atoms with Crippen molar-refractivity contribution in [2.75, 3.05) is 31.1 Å². The molecule has 0 spiro atoms. The van der Waals surface area contributed by atoms with Gasteiger partial charge in [-0.05, 0) is 27.4 Å². The number of nitrogens with zero attached hydrogens (tertiary/aromatic N) is 4. The molecule has 0 saturated carbocycles. The lowest BCUT2D eigenvalue weighted by atomic mass is 10.1. The molecule has 1 saturated heterocycles. The first-order valence-electron chi connectivity index (χ1n) is 7.69. The van der Waals surface area contributed by atoms with E-state index in [1.54, 1.807) is 6.33 Å². The van der Waals surface area contributed by atoms with Gasteiger partial charge in [0.25, 0.3) is 0 Å². The van der Waals surface area contributed by atoms with Crippen molar-refractivity contribution in [3.8, 4) is 0 Å². The Bertz CT molecular complexity index is 605. The third-order valence-electron chi connectivity index (χ3n) is 3.98. The number of rotatable bonds is 3. The predicted molar refractivity (Wildman–Crippen MR) is 92.8 cm³/mol. The van der Waals surface area contributed by atoms with Gasteiger partial charge in [0.15, 0.2) is 0 Å². The molecule has 0 N–H and O–H groups in total. The first kappa shape index (κ1) is 15.4. The minimum absolute atomic E-state index is 0.605. The fraction of sp³-hybridized carbons (Fsp3) is 0.412. The molecule has 5 heteroatoms. The number of anilines is 1. The highest BCUT2D eigenvalue weighted by Crippen LogP contribution is 2.24. The Morgan fingerprint density at radius 2 is 2.00 bits per heavy atom. The van der Waals surface area contributed by atoms with E-state index in [0.29, 0.717) is 5.92 Å². The molecule has 2 aromatic rings. The van der Waals surface area contributed by atoms with Crippen molar-refractivity contribution in [1.82, 2.24) is 14.9 Å². The summed E-state index contributed by atoms with van der Waals surface area (Å²) >= 11 is 3.57. The summed E-state index contributed by atoms with van der Waals surface area (Å²) in [6, 6.07) is 10.7. The molecule has 1 aliphatic rings. The molecule has 1 aliphatic heterocycles. The lowest BCUT2D eigenvalue weighted by molar-refractivity contribution is 0.257. The molecule has 1 atom stereocenters. The van der Waals surface area contributed by atoms with Crippen LogP contribution in [-0.2, 0) is 6.54 Å². The molecular weight excluding hydrogens is 340 g/mol. The molecule has 0 bridgehead atoms. The maximum Gasteiger partial charge on any atom is 0.146 e. The number of benzene rings is 1. The average molecular weight is 361 g/mol. The van der Waals surface area contributed by atoms with Gasteiger partial charge < -0.3 is 4.90 Å². The molecule has 0 amide bonds. The molecule has 0 radical (unpaired) electrons. The molecule has 1 aromatic heterocycles. The van der Waals surface area contributed by atoms with E-state index in [4.69, 9.17) is 0 Å². The molecule has 1 unspecified atom stereocenters. The summed E-state index contributed by atoms with van der Waals surface area (Å²) in [6.07, 6.45) is 3.44. The van der Waals surface area contributed by atoms with Crippen LogP contribution in [0.3, 0.4) is 0 Å². The Balaban J connectivity index is 1.69. The van der Waals surface area contributed by atoms with Crippen LogP contribution in [0.2, 0.25) is 0 Å². The van der Waals surface area contributed by atoms with Gasteiger partial charge in [-0.3, -0.25) is 4.90 Å². The summed E-state index contributed by atoms with van der Waals surface area (Å²) in [6.45, 7) is 7.52. The van der Waals surface area contributed by atoms with Crippen LogP contribution in [-0.4, -0.2) is 41.0 Å². The normalized spacial score (nSPS) is 19.9. The van der Waals surface area contributed by atoms with E-state index in [9.17, 15) is 0 Å². The van der Waals surface area contributed by atoms with Crippen LogP contribution in [0, 0.1) is 5.92 Å². The van der Waals surface area contributed by atoms with Crippen LogP contribution < -0.4 is 4.90 Å². The standard InChI is InChI=1S/C17H21BrN4/c1-14-10-21(12-15-5-3-2-4-6-15)7-8-22(11-14)17-16(18)9-19-13-20-17/h2-6,9,13-14H,7-8,10-12H2,1H3. The van der Waals surface area contributed by atoms with Crippen molar-refractivity contribution in [3.63, 3.8) is 0 Å². The third-order valence-corrected chi connectivity index (χ3v) is 4.54. The molecule has 22 heavy (non-hydrogen) atoms. The van der Waals surface area contributed by atoms with Gasteiger partial charge in [-0.2, -0.15) is 0 Å². The van der Waals surface area contributed by atoms with Crippen molar-refractivity contribution in [3.05, 3.63) is 52.9 Å². The SMILES string of the molecule is CC1CN(Cc2ccccc2)CCN(c2ncncc2Br)C1. The first-order valence-corrected chi connectivity index (χ1v) is 8.48. The third kappa shape index (κ3) is 3.84. The van der Waals surface area contributed by atoms with Crippen LogP contribution in [0.15, 0.2) is 47.3 Å². The van der Waals surface area contributed by atoms with E-state index < -0.39 is 0 Å². The lowest BCUT2D eigenvalue weighted by Crippen LogP contribution is -2.31. The zero-order chi connectivity index (χ0) is 15.4. The number of aromatic nitrogens is 2. The minimum Gasteiger partial charge on any atom is -0.354 e. The summed E-state index contributed by atoms with van der Waals surface area (Å²) in [5, 5.41) is 0. The molecule has 4 nitrogen and oxygen atoms in total. The van der Waals surface area contributed by atoms with Gasteiger partial charge in [-0.15, -0.1) is 0 Å². The number of halogens is 1. The van der Waals surface area contributed by atoms with Gasteiger partial charge >= 0.3 is 0 Å². The highest BCUT2D eigenvalue weighted by Gasteiger charge is 2.22. The molecule has 116 valence electrons. The fourth-order valence-electron chi connectivity index (χ4n) is 3.04. The minimum atomic E-state index is 0.605. The van der Waals surface area contributed by atoms with Crippen molar-refractivity contribution >= 4 is 21.7 Å². The van der Waals surface area contributed by atoms with Gasteiger partial charge in [0.05, 0.1) is 4.47 Å². The molecule has 2 heterocycles. The van der Waals surface area contributed by atoms with E-state index in [1.165, 1.54) is 5.56 Å². The number of hydrogen-bond donors (Lipinski definition) is 0. The Hall–Kier alpha value is -1.46. The zero-order valence-corrected chi connectivity index (χ0v) is 14.4. The second-order valence-electron chi connectivity index (χ2n) is 5.97. The van der Waals surface area contributed by atoms with Crippen LogP contribution in [0.25, 0.3) is 0 Å². The summed E-state index contributed by atoms with van der Waals surface area (Å²) in [5.74, 6) is 1.61. The van der Waals surface area contributed by atoms with Gasteiger partial charge in [-0.1, -0.05) is 37.3 Å². The Morgan fingerprint density at radius 3 is 2.77 bits per heavy atom. The fourth-order valence-corrected chi connectivity index (χ4v) is 3.51. The summed E-state index contributed by atoms with van der Waals surface area (Å²) in [4.78, 5) is 13.4. The van der Waals surface area contributed by atoms with E-state index in [2.05, 4.69) is 73.0 Å². The smallest absolute Gasteiger partial charge is 0.146 e. The second-order valence-corrected chi connectivity index (χ2v) is 6.82. The zero-order valence-electron chi connectivity index (χ0n) is 12.8. The van der Waals surface area contributed by atoms with Crippen molar-refractivity contribution < 1.29 is 0 Å². The van der Waals surface area contributed by atoms with E-state index >= 15 is 0 Å². The van der Waals surface area contributed by atoms with Gasteiger partial charge in [0, 0.05) is 38.9 Å².